The van der Waals surface area contributed by atoms with E-state index in [1.165, 1.54) is 0 Å². The molecule has 0 saturated heterocycles. The molecule has 0 bridgehead atoms. The van der Waals surface area contributed by atoms with Crippen molar-refractivity contribution in [3.8, 4) is 0 Å². The van der Waals surface area contributed by atoms with E-state index in [0.717, 1.165) is 29.0 Å². The Bertz CT molecular complexity index is 782. The fourth-order valence-electron chi connectivity index (χ4n) is 3.80. The number of aliphatic imine (C=N–C) groups is 1. The number of Topliss-reactive ketones (excluding diaryl/α,β-unsaturated/α-hetero) is 1. The fraction of sp³-hybridized carbons (Fsp3) is 0.476. The maximum absolute atomic E-state index is 12.9. The van der Waals surface area contributed by atoms with Crippen molar-refractivity contribution >= 4 is 29.2 Å². The van der Waals surface area contributed by atoms with Gasteiger partial charge in [-0.3, -0.25) is 14.6 Å². The number of rotatable bonds is 6. The van der Waals surface area contributed by atoms with Gasteiger partial charge >= 0.3 is 5.97 Å². The van der Waals surface area contributed by atoms with Gasteiger partial charge in [-0.15, -0.1) is 11.8 Å². The summed E-state index contributed by atoms with van der Waals surface area (Å²) in [5.74, 6) is -1.17. The van der Waals surface area contributed by atoms with Crippen molar-refractivity contribution in [1.29, 1.82) is 0 Å². The fourth-order valence-corrected chi connectivity index (χ4v) is 4.21. The van der Waals surface area contributed by atoms with Crippen LogP contribution in [0.3, 0.4) is 0 Å². The summed E-state index contributed by atoms with van der Waals surface area (Å²) in [5.41, 5.74) is 3.20. The van der Waals surface area contributed by atoms with E-state index in [1.807, 2.05) is 37.4 Å². The Balaban J connectivity index is 2.02. The van der Waals surface area contributed by atoms with Crippen LogP contribution in [0.2, 0.25) is 0 Å². The Morgan fingerprint density at radius 3 is 2.63 bits per heavy atom. The Labute approximate surface area is 164 Å². The third kappa shape index (κ3) is 4.17. The molecular formula is C21H25NO4S. The molecule has 0 fully saturated rings. The Morgan fingerprint density at radius 2 is 1.96 bits per heavy atom. The molecule has 6 heteroatoms. The van der Waals surface area contributed by atoms with E-state index >= 15 is 0 Å². The minimum Gasteiger partial charge on any atom is -0.463 e. The average Bonchev–Trinajstić information content (AvgIpc) is 2.67. The van der Waals surface area contributed by atoms with Crippen LogP contribution in [0.25, 0.3) is 0 Å². The number of carbonyl (C=O) groups excluding carboxylic acids is 2. The van der Waals surface area contributed by atoms with E-state index in [4.69, 9.17) is 9.47 Å². The molecular weight excluding hydrogens is 362 g/mol. The Morgan fingerprint density at radius 1 is 1.22 bits per heavy atom. The van der Waals surface area contributed by atoms with E-state index < -0.39 is 5.92 Å². The van der Waals surface area contributed by atoms with Crippen molar-refractivity contribution in [2.24, 2.45) is 10.9 Å². The van der Waals surface area contributed by atoms with Crippen LogP contribution in [0.4, 0.5) is 0 Å². The van der Waals surface area contributed by atoms with Crippen LogP contribution in [0.15, 0.2) is 45.4 Å². The lowest BCUT2D eigenvalue weighted by atomic mass is 9.72. The summed E-state index contributed by atoms with van der Waals surface area (Å²) in [6.45, 7) is 2.39. The summed E-state index contributed by atoms with van der Waals surface area (Å²) >= 11 is 1.66. The molecule has 27 heavy (non-hydrogen) atoms. The molecule has 3 rings (SSSR count). The predicted molar refractivity (Wildman–Crippen MR) is 106 cm³/mol. The highest BCUT2D eigenvalue weighted by Gasteiger charge is 2.43. The van der Waals surface area contributed by atoms with Gasteiger partial charge in [0.15, 0.2) is 5.78 Å². The highest BCUT2D eigenvalue weighted by Crippen LogP contribution is 2.43. The number of ketones is 1. The van der Waals surface area contributed by atoms with Gasteiger partial charge in [-0.05, 0) is 43.7 Å². The van der Waals surface area contributed by atoms with Crippen molar-refractivity contribution in [3.63, 3.8) is 0 Å². The second kappa shape index (κ2) is 8.85. The minimum atomic E-state index is -0.581. The van der Waals surface area contributed by atoms with Crippen molar-refractivity contribution in [2.75, 3.05) is 26.6 Å². The first-order valence-corrected chi connectivity index (χ1v) is 10.4. The first-order chi connectivity index (χ1) is 13.1. The van der Waals surface area contributed by atoms with Crippen molar-refractivity contribution in [1.82, 2.24) is 0 Å². The van der Waals surface area contributed by atoms with Gasteiger partial charge in [0.2, 0.25) is 0 Å². The summed E-state index contributed by atoms with van der Waals surface area (Å²) in [7, 11) is 1.56. The maximum Gasteiger partial charge on any atom is 0.315 e. The van der Waals surface area contributed by atoms with Crippen molar-refractivity contribution in [2.45, 2.75) is 37.0 Å². The van der Waals surface area contributed by atoms with E-state index in [-0.39, 0.29) is 24.3 Å². The van der Waals surface area contributed by atoms with Crippen LogP contribution in [0.5, 0.6) is 0 Å². The predicted octanol–water partition coefficient (Wildman–Crippen LogP) is 3.78. The number of nitrogens with zero attached hydrogens (tertiary/aromatic N) is 1. The lowest BCUT2D eigenvalue weighted by molar-refractivity contribution is -0.147. The van der Waals surface area contributed by atoms with Gasteiger partial charge in [-0.1, -0.05) is 12.1 Å². The molecule has 1 heterocycles. The molecule has 0 aromatic heterocycles. The molecule has 0 N–H and O–H groups in total. The molecule has 144 valence electrons. The van der Waals surface area contributed by atoms with E-state index in [1.54, 1.807) is 18.9 Å². The Kier molecular flexibility index (Phi) is 6.50. The maximum atomic E-state index is 12.9. The smallest absolute Gasteiger partial charge is 0.315 e. The molecule has 0 radical (unpaired) electrons. The van der Waals surface area contributed by atoms with E-state index in [9.17, 15) is 9.59 Å². The highest BCUT2D eigenvalue weighted by molar-refractivity contribution is 7.98. The van der Waals surface area contributed by atoms with Gasteiger partial charge in [-0.2, -0.15) is 0 Å². The lowest BCUT2D eigenvalue weighted by Crippen LogP contribution is -2.37. The highest BCUT2D eigenvalue weighted by atomic mass is 32.2. The van der Waals surface area contributed by atoms with Crippen LogP contribution in [-0.2, 0) is 19.1 Å². The van der Waals surface area contributed by atoms with E-state index in [2.05, 4.69) is 4.99 Å². The standard InChI is InChI=1S/C21H25NO4S/c1-13-18(21(24)26-12-11-25-2)19(14-7-9-15(27-3)10-8-14)20-16(22-13)5-4-6-17(20)23/h7-10,18-19H,4-6,11-12H2,1-3H3/t18?,19-/m1/s1. The van der Waals surface area contributed by atoms with Gasteiger partial charge < -0.3 is 9.47 Å². The van der Waals surface area contributed by atoms with Gasteiger partial charge in [0.1, 0.15) is 12.5 Å². The van der Waals surface area contributed by atoms with Crippen molar-refractivity contribution in [3.05, 3.63) is 41.1 Å². The lowest BCUT2D eigenvalue weighted by Gasteiger charge is -2.34. The molecule has 0 saturated carbocycles. The summed E-state index contributed by atoms with van der Waals surface area (Å²) in [6, 6.07) is 8.08. The quantitative estimate of drug-likeness (QED) is 0.422. The van der Waals surface area contributed by atoms with Gasteiger partial charge in [0, 0.05) is 41.3 Å². The molecule has 1 aromatic rings. The number of esters is 1. The molecule has 1 aromatic carbocycles. The Hall–Kier alpha value is -1.92. The zero-order valence-corrected chi connectivity index (χ0v) is 16.8. The molecule has 1 unspecified atom stereocenters. The number of ether oxygens (including phenoxy) is 2. The average molecular weight is 388 g/mol. The van der Waals surface area contributed by atoms with Crippen LogP contribution in [0.1, 0.15) is 37.7 Å². The summed E-state index contributed by atoms with van der Waals surface area (Å²) in [4.78, 5) is 31.4. The second-order valence-corrected chi connectivity index (χ2v) is 7.66. The first kappa shape index (κ1) is 19.8. The number of benzene rings is 1. The minimum absolute atomic E-state index is 0.0983. The number of allylic oxidation sites excluding steroid dienone is 2. The number of hydrogen-bond acceptors (Lipinski definition) is 6. The number of carbonyl (C=O) groups is 2. The number of methoxy groups -OCH3 is 1. The zero-order valence-electron chi connectivity index (χ0n) is 16.0. The number of thioether (sulfide) groups is 1. The third-order valence-corrected chi connectivity index (χ3v) is 5.84. The molecule has 2 aliphatic rings. The molecule has 2 atom stereocenters. The number of hydrogen-bond donors (Lipinski definition) is 0. The van der Waals surface area contributed by atoms with Crippen LogP contribution in [-0.4, -0.2) is 44.0 Å². The molecule has 5 nitrogen and oxygen atoms in total. The van der Waals surface area contributed by atoms with Crippen LogP contribution >= 0.6 is 11.8 Å². The molecule has 1 aliphatic heterocycles. The topological polar surface area (TPSA) is 65.0 Å². The largest absolute Gasteiger partial charge is 0.463 e. The first-order valence-electron chi connectivity index (χ1n) is 9.17. The van der Waals surface area contributed by atoms with E-state index in [0.29, 0.717) is 24.3 Å². The SMILES string of the molecule is COCCOC(=O)C1C(C)=NC2=C(C(=O)CCC2)[C@@H]1c1ccc(SC)cc1. The van der Waals surface area contributed by atoms with Crippen molar-refractivity contribution < 1.29 is 19.1 Å². The summed E-state index contributed by atoms with van der Waals surface area (Å²) < 4.78 is 10.4. The molecule has 1 aliphatic carbocycles. The molecule has 0 spiro atoms. The van der Waals surface area contributed by atoms with Gasteiger partial charge in [-0.25, -0.2) is 0 Å². The summed E-state index contributed by atoms with van der Waals surface area (Å²) in [6.07, 6.45) is 4.13. The van der Waals surface area contributed by atoms with Crippen LogP contribution in [0, 0.1) is 5.92 Å². The zero-order chi connectivity index (χ0) is 19.4. The molecule has 0 amide bonds. The van der Waals surface area contributed by atoms with Gasteiger partial charge in [0.25, 0.3) is 0 Å². The monoisotopic (exact) mass is 387 g/mol. The van der Waals surface area contributed by atoms with Gasteiger partial charge in [0.05, 0.1) is 6.61 Å². The third-order valence-electron chi connectivity index (χ3n) is 5.10. The summed E-state index contributed by atoms with van der Waals surface area (Å²) in [5, 5.41) is 0. The normalized spacial score (nSPS) is 22.3. The van der Waals surface area contributed by atoms with Crippen LogP contribution < -0.4 is 0 Å². The second-order valence-electron chi connectivity index (χ2n) is 6.78.